The van der Waals surface area contributed by atoms with Crippen LogP contribution in [0.1, 0.15) is 11.1 Å². The molecule has 0 saturated heterocycles. The van der Waals surface area contributed by atoms with Crippen molar-refractivity contribution in [2.45, 2.75) is 13.8 Å². The number of fused-ring (bicyclic) bond motifs is 3. The fourth-order valence-corrected chi connectivity index (χ4v) is 5.23. The highest BCUT2D eigenvalue weighted by molar-refractivity contribution is 7.24. The Bertz CT molecular complexity index is 1580. The molecule has 0 aliphatic heterocycles. The van der Waals surface area contributed by atoms with Crippen LogP contribution in [0, 0.1) is 13.8 Å². The monoisotopic (exact) mass is 485 g/mol. The standard InChI is InChI=1S/C26H27N7OS/c1-16-4-6-18-21(12-16)30-15-31-25(18)29-9-11-33(3)10-8-28-20-7-5-17(2)24-22(20)23(34)19-13-27-14-32-26(19)35-24/h4-7,12-15,28H,8-11H2,1-3H3,(H,29,30,31). The van der Waals surface area contributed by atoms with Crippen LogP contribution in [0.2, 0.25) is 0 Å². The molecule has 3 aromatic heterocycles. The summed E-state index contributed by atoms with van der Waals surface area (Å²) in [6.07, 6.45) is 4.69. The lowest BCUT2D eigenvalue weighted by molar-refractivity contribution is 0.361. The lowest BCUT2D eigenvalue weighted by Crippen LogP contribution is -2.30. The van der Waals surface area contributed by atoms with Gasteiger partial charge in [0, 0.05) is 48.1 Å². The lowest BCUT2D eigenvalue weighted by Gasteiger charge is -2.19. The van der Waals surface area contributed by atoms with Gasteiger partial charge >= 0.3 is 0 Å². The van der Waals surface area contributed by atoms with Gasteiger partial charge in [-0.25, -0.2) is 19.9 Å². The SMILES string of the molecule is Cc1ccc2c(NCCN(C)CCNc3ccc(C)c4sc5ncncc5c(=O)c34)ncnc2c1. The molecule has 0 atom stereocenters. The molecule has 0 aliphatic carbocycles. The molecule has 2 N–H and O–H groups in total. The van der Waals surface area contributed by atoms with Gasteiger partial charge in [-0.1, -0.05) is 12.1 Å². The first-order valence-electron chi connectivity index (χ1n) is 11.5. The summed E-state index contributed by atoms with van der Waals surface area (Å²) in [5, 5.41) is 9.22. The average Bonchev–Trinajstić information content (AvgIpc) is 2.85. The van der Waals surface area contributed by atoms with E-state index in [2.05, 4.69) is 73.7 Å². The zero-order valence-electron chi connectivity index (χ0n) is 20.0. The summed E-state index contributed by atoms with van der Waals surface area (Å²) in [6, 6.07) is 10.2. The van der Waals surface area contributed by atoms with Crippen LogP contribution < -0.4 is 16.1 Å². The van der Waals surface area contributed by atoms with Crippen LogP contribution in [0.25, 0.3) is 31.2 Å². The number of hydrogen-bond acceptors (Lipinski definition) is 9. The first kappa shape index (κ1) is 23.1. The molecule has 0 saturated carbocycles. The van der Waals surface area contributed by atoms with E-state index in [1.807, 2.05) is 13.0 Å². The molecule has 0 amide bonds. The summed E-state index contributed by atoms with van der Waals surface area (Å²) in [5.41, 5.74) is 4.03. The zero-order valence-corrected chi connectivity index (χ0v) is 20.8. The molecule has 0 spiro atoms. The van der Waals surface area contributed by atoms with E-state index in [4.69, 9.17) is 0 Å². The molecule has 0 unspecified atom stereocenters. The maximum Gasteiger partial charge on any atom is 0.201 e. The zero-order chi connectivity index (χ0) is 24.4. The minimum absolute atomic E-state index is 0.0228. The Kier molecular flexibility index (Phi) is 6.52. The third-order valence-corrected chi connectivity index (χ3v) is 7.34. The smallest absolute Gasteiger partial charge is 0.201 e. The van der Waals surface area contributed by atoms with E-state index in [1.165, 1.54) is 23.2 Å². The van der Waals surface area contributed by atoms with Gasteiger partial charge in [0.1, 0.15) is 23.3 Å². The first-order chi connectivity index (χ1) is 17.0. The summed E-state index contributed by atoms with van der Waals surface area (Å²) in [6.45, 7) is 7.25. The second-order valence-corrected chi connectivity index (χ2v) is 9.71. The Morgan fingerprint density at radius 2 is 1.77 bits per heavy atom. The average molecular weight is 486 g/mol. The number of nitrogens with one attached hydrogen (secondary N) is 2. The van der Waals surface area contributed by atoms with Crippen LogP contribution in [0.4, 0.5) is 11.5 Å². The molecule has 0 aliphatic rings. The maximum atomic E-state index is 13.2. The molecule has 0 fully saturated rings. The highest BCUT2D eigenvalue weighted by Gasteiger charge is 2.13. The molecule has 5 aromatic rings. The second-order valence-electron chi connectivity index (χ2n) is 8.71. The topological polar surface area (TPSA) is 95.9 Å². The molecular formula is C26H27N7OS. The number of benzene rings is 2. The Hall–Kier alpha value is -3.69. The minimum Gasteiger partial charge on any atom is -0.383 e. The molecule has 5 rings (SSSR count). The van der Waals surface area contributed by atoms with Gasteiger partial charge in [0.15, 0.2) is 0 Å². The van der Waals surface area contributed by atoms with E-state index in [1.54, 1.807) is 12.5 Å². The summed E-state index contributed by atoms with van der Waals surface area (Å²) in [4.78, 5) is 33.3. The van der Waals surface area contributed by atoms with Crippen LogP contribution in [0.5, 0.6) is 0 Å². The lowest BCUT2D eigenvalue weighted by atomic mass is 10.1. The first-order valence-corrected chi connectivity index (χ1v) is 12.4. The van der Waals surface area contributed by atoms with Gasteiger partial charge in [-0.15, -0.1) is 11.3 Å². The van der Waals surface area contributed by atoms with Gasteiger partial charge in [0.25, 0.3) is 0 Å². The van der Waals surface area contributed by atoms with Crippen LogP contribution in [-0.2, 0) is 0 Å². The molecule has 3 heterocycles. The Labute approximate surface area is 207 Å². The number of likely N-dealkylation sites (N-methyl/N-ethyl adjacent to an activating group) is 1. The summed E-state index contributed by atoms with van der Waals surface area (Å²) < 4.78 is 0.969. The highest BCUT2D eigenvalue weighted by Crippen LogP contribution is 2.30. The van der Waals surface area contributed by atoms with E-state index in [0.29, 0.717) is 10.8 Å². The van der Waals surface area contributed by atoms with Crippen molar-refractivity contribution in [1.82, 2.24) is 24.8 Å². The number of aromatic nitrogens is 4. The van der Waals surface area contributed by atoms with Crippen LogP contribution in [0.15, 0.2) is 54.0 Å². The molecule has 0 radical (unpaired) electrons. The van der Waals surface area contributed by atoms with E-state index >= 15 is 0 Å². The maximum absolute atomic E-state index is 13.2. The van der Waals surface area contributed by atoms with Crippen molar-refractivity contribution < 1.29 is 0 Å². The van der Waals surface area contributed by atoms with Gasteiger partial charge in [-0.05, 0) is 50.2 Å². The Balaban J connectivity index is 1.22. The van der Waals surface area contributed by atoms with E-state index < -0.39 is 0 Å². The van der Waals surface area contributed by atoms with Crippen molar-refractivity contribution in [2.75, 3.05) is 43.9 Å². The predicted molar refractivity (Wildman–Crippen MR) is 145 cm³/mol. The number of hydrogen-bond donors (Lipinski definition) is 2. The third kappa shape index (κ3) is 4.78. The molecule has 8 nitrogen and oxygen atoms in total. The normalized spacial score (nSPS) is 11.5. The molecule has 0 bridgehead atoms. The number of nitrogens with zero attached hydrogens (tertiary/aromatic N) is 5. The largest absolute Gasteiger partial charge is 0.383 e. The van der Waals surface area contributed by atoms with Crippen LogP contribution in [-0.4, -0.2) is 58.1 Å². The molecule has 178 valence electrons. The van der Waals surface area contributed by atoms with E-state index in [-0.39, 0.29) is 5.43 Å². The second kappa shape index (κ2) is 9.89. The van der Waals surface area contributed by atoms with Crippen molar-refractivity contribution in [1.29, 1.82) is 0 Å². The van der Waals surface area contributed by atoms with Crippen molar-refractivity contribution in [3.05, 3.63) is 70.5 Å². The molecule has 2 aromatic carbocycles. The summed E-state index contributed by atoms with van der Waals surface area (Å²) in [5.74, 6) is 0.855. The fraction of sp³-hybridized carbons (Fsp3) is 0.269. The summed E-state index contributed by atoms with van der Waals surface area (Å²) >= 11 is 1.54. The van der Waals surface area contributed by atoms with Crippen LogP contribution in [0.3, 0.4) is 0 Å². The van der Waals surface area contributed by atoms with Crippen LogP contribution >= 0.6 is 11.3 Å². The molecule has 35 heavy (non-hydrogen) atoms. The minimum atomic E-state index is -0.0228. The number of anilines is 2. The fourth-order valence-electron chi connectivity index (χ4n) is 4.14. The van der Waals surface area contributed by atoms with Gasteiger partial charge in [0.05, 0.1) is 16.3 Å². The number of aryl methyl sites for hydroxylation is 2. The van der Waals surface area contributed by atoms with Gasteiger partial charge < -0.3 is 15.5 Å². The Morgan fingerprint density at radius 3 is 2.63 bits per heavy atom. The Morgan fingerprint density at radius 1 is 0.943 bits per heavy atom. The third-order valence-electron chi connectivity index (χ3n) is 6.09. The van der Waals surface area contributed by atoms with E-state index in [0.717, 1.165) is 63.7 Å². The van der Waals surface area contributed by atoms with E-state index in [9.17, 15) is 4.79 Å². The van der Waals surface area contributed by atoms with Crippen molar-refractivity contribution in [3.63, 3.8) is 0 Å². The summed E-state index contributed by atoms with van der Waals surface area (Å²) in [7, 11) is 2.09. The van der Waals surface area contributed by atoms with Crippen molar-refractivity contribution in [2.24, 2.45) is 0 Å². The number of rotatable bonds is 8. The highest BCUT2D eigenvalue weighted by atomic mass is 32.1. The molecular weight excluding hydrogens is 458 g/mol. The quantitative estimate of drug-likeness (QED) is 0.316. The van der Waals surface area contributed by atoms with Gasteiger partial charge in [-0.3, -0.25) is 4.79 Å². The van der Waals surface area contributed by atoms with Gasteiger partial charge in [0.2, 0.25) is 5.43 Å². The predicted octanol–water partition coefficient (Wildman–Crippen LogP) is 4.22. The van der Waals surface area contributed by atoms with Gasteiger partial charge in [-0.2, -0.15) is 0 Å². The molecule has 9 heteroatoms. The van der Waals surface area contributed by atoms with Crippen molar-refractivity contribution in [3.8, 4) is 0 Å². The van der Waals surface area contributed by atoms with Crippen molar-refractivity contribution >= 4 is 54.0 Å².